The average Bonchev–Trinajstić information content (AvgIpc) is 2.73. The first-order valence-corrected chi connectivity index (χ1v) is 11.7. The minimum atomic E-state index is -3.86. The van der Waals surface area contributed by atoms with Crippen LogP contribution in [0.2, 0.25) is 0 Å². The van der Waals surface area contributed by atoms with Crippen molar-refractivity contribution in [3.63, 3.8) is 0 Å². The van der Waals surface area contributed by atoms with Gasteiger partial charge in [-0.15, -0.1) is 0 Å². The van der Waals surface area contributed by atoms with E-state index in [-0.39, 0.29) is 23.4 Å². The van der Waals surface area contributed by atoms with Crippen LogP contribution in [0.25, 0.3) is 0 Å². The number of halogens is 1. The summed E-state index contributed by atoms with van der Waals surface area (Å²) < 4.78 is 28.6. The van der Waals surface area contributed by atoms with Crippen LogP contribution in [0.5, 0.6) is 0 Å². The number of hydrogen-bond acceptors (Lipinski definition) is 3. The van der Waals surface area contributed by atoms with E-state index in [1.807, 2.05) is 0 Å². The molecule has 1 aliphatic carbocycles. The lowest BCUT2D eigenvalue weighted by molar-refractivity contribution is -0.130. The Morgan fingerprint density at radius 1 is 1.00 bits per heavy atom. The zero-order valence-electron chi connectivity index (χ0n) is 15.9. The number of carbonyl (C=O) groups is 1. The summed E-state index contributed by atoms with van der Waals surface area (Å²) in [5.74, 6) is -0.186. The van der Waals surface area contributed by atoms with Crippen LogP contribution in [0.15, 0.2) is 64.0 Å². The molecule has 0 radical (unpaired) electrons. The SMILES string of the molecule is CN(C(=O)CN(c1ccc(Br)cc1)S(=O)(=O)c1ccccc1)C1CCCCC1. The van der Waals surface area contributed by atoms with Gasteiger partial charge in [-0.1, -0.05) is 53.4 Å². The third-order valence-electron chi connectivity index (χ3n) is 5.24. The van der Waals surface area contributed by atoms with Gasteiger partial charge in [0.1, 0.15) is 6.54 Å². The van der Waals surface area contributed by atoms with Gasteiger partial charge in [0.25, 0.3) is 10.0 Å². The largest absolute Gasteiger partial charge is 0.341 e. The summed E-state index contributed by atoms with van der Waals surface area (Å²) >= 11 is 3.37. The summed E-state index contributed by atoms with van der Waals surface area (Å²) in [7, 11) is -2.07. The third kappa shape index (κ3) is 4.75. The van der Waals surface area contributed by atoms with E-state index in [2.05, 4.69) is 15.9 Å². The molecule has 7 heteroatoms. The molecule has 150 valence electrons. The molecule has 1 saturated carbocycles. The number of carbonyl (C=O) groups excluding carboxylic acids is 1. The fourth-order valence-corrected chi connectivity index (χ4v) is 5.25. The van der Waals surface area contributed by atoms with Crippen molar-refractivity contribution in [3.05, 3.63) is 59.1 Å². The molecule has 1 aliphatic rings. The van der Waals surface area contributed by atoms with Gasteiger partial charge in [0.2, 0.25) is 5.91 Å². The smallest absolute Gasteiger partial charge is 0.264 e. The topological polar surface area (TPSA) is 57.7 Å². The molecule has 0 bridgehead atoms. The molecule has 3 rings (SSSR count). The van der Waals surface area contributed by atoms with E-state index in [9.17, 15) is 13.2 Å². The fraction of sp³-hybridized carbons (Fsp3) is 0.381. The number of rotatable bonds is 6. The molecule has 0 unspecified atom stereocenters. The van der Waals surface area contributed by atoms with E-state index in [1.165, 1.54) is 10.7 Å². The zero-order valence-corrected chi connectivity index (χ0v) is 18.3. The highest BCUT2D eigenvalue weighted by Crippen LogP contribution is 2.27. The Hall–Kier alpha value is -1.86. The molecule has 0 N–H and O–H groups in total. The maximum Gasteiger partial charge on any atom is 0.264 e. The molecule has 2 aromatic rings. The van der Waals surface area contributed by atoms with Gasteiger partial charge in [-0.3, -0.25) is 9.10 Å². The van der Waals surface area contributed by atoms with Crippen molar-refractivity contribution in [1.82, 2.24) is 4.90 Å². The molecule has 1 fully saturated rings. The number of anilines is 1. The predicted octanol–water partition coefficient (Wildman–Crippen LogP) is 4.44. The summed E-state index contributed by atoms with van der Waals surface area (Å²) in [6.45, 7) is -0.216. The molecule has 0 spiro atoms. The van der Waals surface area contributed by atoms with Gasteiger partial charge in [0.15, 0.2) is 0 Å². The molecular formula is C21H25BrN2O3S. The van der Waals surface area contributed by atoms with Crippen molar-refractivity contribution < 1.29 is 13.2 Å². The lowest BCUT2D eigenvalue weighted by Crippen LogP contribution is -2.45. The number of amides is 1. The molecule has 2 aromatic carbocycles. The van der Waals surface area contributed by atoms with Crippen LogP contribution in [0.1, 0.15) is 32.1 Å². The minimum Gasteiger partial charge on any atom is -0.341 e. The molecular weight excluding hydrogens is 440 g/mol. The van der Waals surface area contributed by atoms with E-state index in [0.29, 0.717) is 5.69 Å². The van der Waals surface area contributed by atoms with Gasteiger partial charge in [-0.2, -0.15) is 0 Å². The van der Waals surface area contributed by atoms with E-state index in [0.717, 1.165) is 30.2 Å². The molecule has 5 nitrogen and oxygen atoms in total. The summed E-state index contributed by atoms with van der Waals surface area (Å²) in [5, 5.41) is 0. The van der Waals surface area contributed by atoms with Crippen LogP contribution in [0.4, 0.5) is 5.69 Å². The van der Waals surface area contributed by atoms with Gasteiger partial charge >= 0.3 is 0 Å². The number of sulfonamides is 1. The second-order valence-corrected chi connectivity index (χ2v) is 9.88. The Morgan fingerprint density at radius 3 is 2.21 bits per heavy atom. The van der Waals surface area contributed by atoms with Gasteiger partial charge in [-0.25, -0.2) is 8.42 Å². The minimum absolute atomic E-state index is 0.172. The average molecular weight is 465 g/mol. The number of hydrogen-bond donors (Lipinski definition) is 0. The second-order valence-electron chi connectivity index (χ2n) is 7.10. The maximum absolute atomic E-state index is 13.3. The Balaban J connectivity index is 1.90. The molecule has 28 heavy (non-hydrogen) atoms. The summed E-state index contributed by atoms with van der Waals surface area (Å²) in [5.41, 5.74) is 0.470. The lowest BCUT2D eigenvalue weighted by atomic mass is 9.94. The molecule has 0 heterocycles. The highest BCUT2D eigenvalue weighted by Gasteiger charge is 2.30. The normalized spacial score (nSPS) is 15.2. The monoisotopic (exact) mass is 464 g/mol. The number of benzene rings is 2. The van der Waals surface area contributed by atoms with E-state index >= 15 is 0 Å². The van der Waals surface area contributed by atoms with Crippen molar-refractivity contribution in [2.75, 3.05) is 17.9 Å². The zero-order chi connectivity index (χ0) is 20.1. The predicted molar refractivity (Wildman–Crippen MR) is 115 cm³/mol. The van der Waals surface area contributed by atoms with E-state index in [1.54, 1.807) is 66.5 Å². The first-order chi connectivity index (χ1) is 13.4. The molecule has 0 saturated heterocycles. The molecule has 0 aliphatic heterocycles. The van der Waals surface area contributed by atoms with E-state index in [4.69, 9.17) is 0 Å². The van der Waals surface area contributed by atoms with Crippen molar-refractivity contribution >= 4 is 37.5 Å². The Bertz CT molecular complexity index is 895. The highest BCUT2D eigenvalue weighted by atomic mass is 79.9. The second kappa shape index (κ2) is 9.09. The van der Waals surface area contributed by atoms with Crippen molar-refractivity contribution in [2.45, 2.75) is 43.0 Å². The third-order valence-corrected chi connectivity index (χ3v) is 7.56. The highest BCUT2D eigenvalue weighted by molar-refractivity contribution is 9.10. The van der Waals surface area contributed by atoms with Crippen LogP contribution < -0.4 is 4.31 Å². The van der Waals surface area contributed by atoms with Crippen molar-refractivity contribution in [3.8, 4) is 0 Å². The van der Waals surface area contributed by atoms with Crippen molar-refractivity contribution in [1.29, 1.82) is 0 Å². The van der Waals surface area contributed by atoms with Crippen LogP contribution >= 0.6 is 15.9 Å². The quantitative estimate of drug-likeness (QED) is 0.634. The fourth-order valence-electron chi connectivity index (χ4n) is 3.55. The molecule has 0 aromatic heterocycles. The number of likely N-dealkylation sites (N-methyl/N-ethyl adjacent to an activating group) is 1. The summed E-state index contributed by atoms with van der Waals surface area (Å²) in [6.07, 6.45) is 5.38. The van der Waals surface area contributed by atoms with Crippen LogP contribution in [0, 0.1) is 0 Å². The standard InChI is InChI=1S/C21H25BrN2O3S/c1-23(18-8-4-2-5-9-18)21(25)16-24(19-14-12-17(22)13-15-19)28(26,27)20-10-6-3-7-11-20/h3,6-7,10-15,18H,2,4-5,8-9,16H2,1H3. The van der Waals surface area contributed by atoms with Crippen LogP contribution in [0.3, 0.4) is 0 Å². The Kier molecular flexibility index (Phi) is 6.78. The Labute approximate surface area is 175 Å². The van der Waals surface area contributed by atoms with Gasteiger partial charge in [-0.05, 0) is 49.2 Å². The Morgan fingerprint density at radius 2 is 1.61 bits per heavy atom. The van der Waals surface area contributed by atoms with Crippen LogP contribution in [-0.4, -0.2) is 38.9 Å². The maximum atomic E-state index is 13.3. The molecule has 1 amide bonds. The van der Waals surface area contributed by atoms with Crippen molar-refractivity contribution in [2.24, 2.45) is 0 Å². The first-order valence-electron chi connectivity index (χ1n) is 9.48. The molecule has 0 atom stereocenters. The summed E-state index contributed by atoms with van der Waals surface area (Å²) in [4.78, 5) is 14.9. The van der Waals surface area contributed by atoms with Crippen LogP contribution in [-0.2, 0) is 14.8 Å². The van der Waals surface area contributed by atoms with E-state index < -0.39 is 10.0 Å². The van der Waals surface area contributed by atoms with Gasteiger partial charge < -0.3 is 4.90 Å². The first kappa shape index (κ1) is 20.9. The van der Waals surface area contributed by atoms with Gasteiger partial charge in [0.05, 0.1) is 10.6 Å². The van der Waals surface area contributed by atoms with Gasteiger partial charge in [0, 0.05) is 17.6 Å². The number of nitrogens with zero attached hydrogens (tertiary/aromatic N) is 2. The summed E-state index contributed by atoms with van der Waals surface area (Å²) in [6, 6.07) is 15.4. The lowest BCUT2D eigenvalue weighted by Gasteiger charge is -2.33.